The molecule has 198 valence electrons. The second-order valence-corrected chi connectivity index (χ2v) is 11.0. The van der Waals surface area contributed by atoms with Crippen molar-refractivity contribution in [1.82, 2.24) is 20.6 Å². The molecule has 0 amide bonds. The number of benzene rings is 1. The van der Waals surface area contributed by atoms with Gasteiger partial charge in [0.25, 0.3) is 0 Å². The van der Waals surface area contributed by atoms with Gasteiger partial charge in [-0.2, -0.15) is 0 Å². The minimum absolute atomic E-state index is 0.0146. The van der Waals surface area contributed by atoms with E-state index >= 15 is 0 Å². The van der Waals surface area contributed by atoms with Gasteiger partial charge in [-0.15, -0.1) is 0 Å². The molecular weight excluding hydrogens is 465 g/mol. The molecule has 0 aliphatic heterocycles. The Labute approximate surface area is 220 Å². The molecular formula is C30H40FN5O. The number of Topliss-reactive ketones (excluding diaryl/α,β-unsaturated/α-hetero) is 1. The van der Waals surface area contributed by atoms with Gasteiger partial charge in [0.1, 0.15) is 17.3 Å². The fourth-order valence-electron chi connectivity index (χ4n) is 4.01. The molecule has 0 aliphatic rings. The van der Waals surface area contributed by atoms with Crippen molar-refractivity contribution in [2.24, 2.45) is 0 Å². The molecule has 1 aromatic carbocycles. The van der Waals surface area contributed by atoms with E-state index in [0.29, 0.717) is 17.0 Å². The minimum Gasteiger partial charge on any atom is -0.363 e. The van der Waals surface area contributed by atoms with Gasteiger partial charge in [-0.25, -0.2) is 9.37 Å². The van der Waals surface area contributed by atoms with Crippen LogP contribution < -0.4 is 15.5 Å². The summed E-state index contributed by atoms with van der Waals surface area (Å²) in [4.78, 5) is 23.7. The number of nitrogens with zero attached hydrogens (tertiary/aromatic N) is 3. The Morgan fingerprint density at radius 1 is 0.865 bits per heavy atom. The molecule has 2 N–H and O–H groups in total. The van der Waals surface area contributed by atoms with E-state index in [-0.39, 0.29) is 29.2 Å². The summed E-state index contributed by atoms with van der Waals surface area (Å²) >= 11 is 0. The molecule has 2 heterocycles. The molecule has 0 saturated carbocycles. The number of hydrogen-bond donors (Lipinski definition) is 2. The molecule has 0 bridgehead atoms. The molecule has 6 nitrogen and oxygen atoms in total. The Bertz CT molecular complexity index is 1190. The topological polar surface area (TPSA) is 70.2 Å². The number of rotatable bonds is 13. The first-order chi connectivity index (χ1) is 17.5. The molecule has 0 radical (unpaired) electrons. The van der Waals surface area contributed by atoms with Crippen LogP contribution in [0.15, 0.2) is 60.7 Å². The monoisotopic (exact) mass is 505 g/mol. The van der Waals surface area contributed by atoms with Crippen LogP contribution in [0.5, 0.6) is 0 Å². The van der Waals surface area contributed by atoms with Gasteiger partial charge >= 0.3 is 0 Å². The lowest BCUT2D eigenvalue weighted by molar-refractivity contribution is 0.0973. The number of halogens is 1. The number of anilines is 1. The van der Waals surface area contributed by atoms with Crippen molar-refractivity contribution >= 4 is 11.6 Å². The van der Waals surface area contributed by atoms with Gasteiger partial charge in [0.05, 0.1) is 12.2 Å². The van der Waals surface area contributed by atoms with Crippen LogP contribution in [0.2, 0.25) is 0 Å². The first-order valence-electron chi connectivity index (χ1n) is 12.8. The van der Waals surface area contributed by atoms with Crippen LogP contribution >= 0.6 is 0 Å². The summed E-state index contributed by atoms with van der Waals surface area (Å²) in [5, 5.41) is 7.05. The number of carbonyl (C=O) groups excluding carboxylic acids is 1. The standard InChI is InChI=1S/C30H40FN5O/c1-29(2,32-20-17-22-11-9-14-25(34-22)23-12-7-8-13-24(23)31)18-19-30(3,4)33-21-27(37)26-15-10-16-28(35-26)36(5)6/h7-16,32-33H,17-21H2,1-6H3. The fourth-order valence-corrected chi connectivity index (χ4v) is 4.01. The highest BCUT2D eigenvalue weighted by atomic mass is 19.1. The lowest BCUT2D eigenvalue weighted by Gasteiger charge is -2.33. The number of carbonyl (C=O) groups is 1. The number of hydrogen-bond acceptors (Lipinski definition) is 6. The van der Waals surface area contributed by atoms with Crippen LogP contribution in [0.25, 0.3) is 11.3 Å². The van der Waals surface area contributed by atoms with Crippen molar-refractivity contribution in [1.29, 1.82) is 0 Å². The van der Waals surface area contributed by atoms with Crippen molar-refractivity contribution in [2.75, 3.05) is 32.1 Å². The molecule has 3 rings (SSSR count). The molecule has 7 heteroatoms. The van der Waals surface area contributed by atoms with E-state index in [2.05, 4.69) is 48.3 Å². The van der Waals surface area contributed by atoms with Crippen LogP contribution in [0.1, 0.15) is 56.7 Å². The average molecular weight is 506 g/mol. The third kappa shape index (κ3) is 8.72. The Kier molecular flexibility index (Phi) is 9.51. The van der Waals surface area contributed by atoms with E-state index in [1.165, 1.54) is 6.07 Å². The summed E-state index contributed by atoms with van der Waals surface area (Å²) in [6, 6.07) is 18.0. The molecule has 3 aromatic rings. The molecule has 0 aliphatic carbocycles. The van der Waals surface area contributed by atoms with E-state index in [0.717, 1.165) is 37.3 Å². The van der Waals surface area contributed by atoms with Crippen molar-refractivity contribution < 1.29 is 9.18 Å². The van der Waals surface area contributed by atoms with E-state index < -0.39 is 0 Å². The lowest BCUT2D eigenvalue weighted by Crippen LogP contribution is -2.46. The van der Waals surface area contributed by atoms with Crippen molar-refractivity contribution in [3.8, 4) is 11.3 Å². The molecule has 0 unspecified atom stereocenters. The number of nitrogens with one attached hydrogen (secondary N) is 2. The zero-order chi connectivity index (χ0) is 27.1. The van der Waals surface area contributed by atoms with Crippen LogP contribution in [-0.4, -0.2) is 54.0 Å². The minimum atomic E-state index is -0.261. The summed E-state index contributed by atoms with van der Waals surface area (Å²) in [6.07, 6.45) is 2.57. The van der Waals surface area contributed by atoms with Crippen molar-refractivity contribution in [3.63, 3.8) is 0 Å². The molecule has 2 aromatic heterocycles. The van der Waals surface area contributed by atoms with E-state index in [1.54, 1.807) is 18.2 Å². The highest BCUT2D eigenvalue weighted by Gasteiger charge is 2.25. The molecule has 37 heavy (non-hydrogen) atoms. The Morgan fingerprint density at radius 3 is 2.24 bits per heavy atom. The number of aromatic nitrogens is 2. The Hall–Kier alpha value is -3.16. The maximum atomic E-state index is 14.1. The van der Waals surface area contributed by atoms with Gasteiger partial charge in [0.15, 0.2) is 5.78 Å². The van der Waals surface area contributed by atoms with Crippen molar-refractivity contribution in [2.45, 2.75) is 58.0 Å². The lowest BCUT2D eigenvalue weighted by atomic mass is 9.89. The van der Waals surface area contributed by atoms with E-state index in [1.807, 2.05) is 55.4 Å². The smallest absolute Gasteiger partial charge is 0.194 e. The number of pyridine rings is 2. The van der Waals surface area contributed by atoms with Crippen LogP contribution in [-0.2, 0) is 6.42 Å². The summed E-state index contributed by atoms with van der Waals surface area (Å²) in [5.41, 5.74) is 2.28. The Morgan fingerprint density at radius 2 is 1.54 bits per heavy atom. The third-order valence-electron chi connectivity index (χ3n) is 6.52. The first-order valence-corrected chi connectivity index (χ1v) is 12.8. The zero-order valence-electron chi connectivity index (χ0n) is 22.9. The van der Waals surface area contributed by atoms with Crippen LogP contribution in [0, 0.1) is 5.82 Å². The molecule has 0 saturated heterocycles. The molecule has 0 fully saturated rings. The highest BCUT2D eigenvalue weighted by molar-refractivity contribution is 5.96. The molecule has 0 spiro atoms. The van der Waals surface area contributed by atoms with Gasteiger partial charge < -0.3 is 15.5 Å². The van der Waals surface area contributed by atoms with Crippen molar-refractivity contribution in [3.05, 3.63) is 77.9 Å². The normalized spacial score (nSPS) is 12.0. The first kappa shape index (κ1) is 28.4. The van der Waals surface area contributed by atoms with Crippen LogP contribution in [0.3, 0.4) is 0 Å². The second kappa shape index (κ2) is 12.4. The average Bonchev–Trinajstić information content (AvgIpc) is 2.87. The van der Waals surface area contributed by atoms with Gasteiger partial charge in [-0.3, -0.25) is 9.78 Å². The highest BCUT2D eigenvalue weighted by Crippen LogP contribution is 2.22. The van der Waals surface area contributed by atoms with Crippen LogP contribution in [0.4, 0.5) is 10.2 Å². The predicted octanol–water partition coefficient (Wildman–Crippen LogP) is 5.29. The maximum absolute atomic E-state index is 14.1. The summed E-state index contributed by atoms with van der Waals surface area (Å²) in [6.45, 7) is 9.63. The number of ketones is 1. The second-order valence-electron chi connectivity index (χ2n) is 11.0. The quantitative estimate of drug-likeness (QED) is 0.308. The van der Waals surface area contributed by atoms with E-state index in [9.17, 15) is 9.18 Å². The SMILES string of the molecule is CN(C)c1cccc(C(=O)CNC(C)(C)CCC(C)(C)NCCc2cccc(-c3ccccc3F)n2)n1. The third-order valence-corrected chi connectivity index (χ3v) is 6.52. The maximum Gasteiger partial charge on any atom is 0.194 e. The summed E-state index contributed by atoms with van der Waals surface area (Å²) in [7, 11) is 3.82. The largest absolute Gasteiger partial charge is 0.363 e. The van der Waals surface area contributed by atoms with Gasteiger partial charge in [-0.05, 0) is 76.9 Å². The predicted molar refractivity (Wildman–Crippen MR) is 150 cm³/mol. The summed E-state index contributed by atoms with van der Waals surface area (Å²) < 4.78 is 14.1. The fraction of sp³-hybridized carbons (Fsp3) is 0.433. The zero-order valence-corrected chi connectivity index (χ0v) is 22.9. The van der Waals surface area contributed by atoms with Gasteiger partial charge in [-0.1, -0.05) is 24.3 Å². The summed E-state index contributed by atoms with van der Waals surface area (Å²) in [5.74, 6) is 0.494. The van der Waals surface area contributed by atoms with Gasteiger partial charge in [0.2, 0.25) is 0 Å². The Balaban J connectivity index is 1.46. The van der Waals surface area contributed by atoms with Gasteiger partial charge in [0, 0.05) is 49.4 Å². The molecule has 0 atom stereocenters. The van der Waals surface area contributed by atoms with E-state index in [4.69, 9.17) is 0 Å².